The lowest BCUT2D eigenvalue weighted by atomic mass is 9.95. The molecular weight excluding hydrogens is 525 g/mol. The number of rotatable bonds is 9. The third-order valence-corrected chi connectivity index (χ3v) is 6.92. The fraction of sp³-hybridized carbons (Fsp3) is 0.172. The predicted molar refractivity (Wildman–Crippen MR) is 147 cm³/mol. The van der Waals surface area contributed by atoms with Crippen LogP contribution in [0.25, 0.3) is 11.3 Å². The fourth-order valence-electron chi connectivity index (χ4n) is 4.65. The standard InChI is InChI=1S/C29H25Cl2N3O4/c1-3-13-38-23-12-9-17(14-24(23)37-4-2)28-25-26(20-15-19(30)10-11-22(20)35)32-33-27(25)29(36)34(28)16-18-7-5-6-8-21(18)31/h3,5-12,14-15,28,35H,1,4,13,16H2,2H3,(H,32,33). The maximum absolute atomic E-state index is 13.8. The highest BCUT2D eigenvalue weighted by molar-refractivity contribution is 6.31. The number of nitrogens with one attached hydrogen (secondary N) is 1. The molecule has 0 aliphatic carbocycles. The van der Waals surface area contributed by atoms with E-state index in [9.17, 15) is 9.90 Å². The molecule has 1 unspecified atom stereocenters. The summed E-state index contributed by atoms with van der Waals surface area (Å²) in [6, 6.07) is 17.1. The predicted octanol–water partition coefficient (Wildman–Crippen LogP) is 6.80. The van der Waals surface area contributed by atoms with E-state index >= 15 is 0 Å². The highest BCUT2D eigenvalue weighted by Gasteiger charge is 2.43. The van der Waals surface area contributed by atoms with Crippen LogP contribution in [0, 0.1) is 0 Å². The van der Waals surface area contributed by atoms with E-state index in [4.69, 9.17) is 32.7 Å². The molecule has 0 saturated heterocycles. The molecule has 2 N–H and O–H groups in total. The maximum Gasteiger partial charge on any atom is 0.273 e. The molecular formula is C29H25Cl2N3O4. The molecule has 3 aromatic carbocycles. The lowest BCUT2D eigenvalue weighted by Crippen LogP contribution is -2.29. The Balaban J connectivity index is 1.68. The molecule has 1 atom stereocenters. The van der Waals surface area contributed by atoms with Crippen molar-refractivity contribution in [1.82, 2.24) is 15.1 Å². The molecule has 5 rings (SSSR count). The number of benzene rings is 3. The van der Waals surface area contributed by atoms with Gasteiger partial charge in [-0.25, -0.2) is 0 Å². The number of carbonyl (C=O) groups is 1. The summed E-state index contributed by atoms with van der Waals surface area (Å²) in [6.45, 7) is 6.61. The molecule has 4 aromatic rings. The van der Waals surface area contributed by atoms with E-state index in [2.05, 4.69) is 16.8 Å². The Morgan fingerprint density at radius 2 is 1.92 bits per heavy atom. The normalized spacial score (nSPS) is 14.4. The molecule has 194 valence electrons. The monoisotopic (exact) mass is 549 g/mol. The summed E-state index contributed by atoms with van der Waals surface area (Å²) in [6.07, 6.45) is 1.66. The molecule has 0 spiro atoms. The van der Waals surface area contributed by atoms with Crippen molar-refractivity contribution < 1.29 is 19.4 Å². The summed E-state index contributed by atoms with van der Waals surface area (Å²) in [5, 5.41) is 19.0. The number of carbonyl (C=O) groups excluding carboxylic acids is 1. The Bertz CT molecular complexity index is 1520. The number of halogens is 2. The number of amides is 1. The van der Waals surface area contributed by atoms with Crippen molar-refractivity contribution in [2.24, 2.45) is 0 Å². The highest BCUT2D eigenvalue weighted by atomic mass is 35.5. The van der Waals surface area contributed by atoms with Crippen LogP contribution in [-0.2, 0) is 6.54 Å². The van der Waals surface area contributed by atoms with Crippen molar-refractivity contribution in [2.45, 2.75) is 19.5 Å². The zero-order valence-electron chi connectivity index (χ0n) is 20.6. The number of hydrogen-bond acceptors (Lipinski definition) is 5. The van der Waals surface area contributed by atoms with Crippen molar-refractivity contribution in [3.8, 4) is 28.5 Å². The SMILES string of the molecule is C=CCOc1ccc(C2c3c(-c4cc(Cl)ccc4O)n[nH]c3C(=O)N2Cc2ccccc2Cl)cc1OCC. The first kappa shape index (κ1) is 25.7. The van der Waals surface area contributed by atoms with Gasteiger partial charge >= 0.3 is 0 Å². The second-order valence-electron chi connectivity index (χ2n) is 8.69. The third-order valence-electron chi connectivity index (χ3n) is 6.32. The fourth-order valence-corrected chi connectivity index (χ4v) is 5.02. The molecule has 0 radical (unpaired) electrons. The van der Waals surface area contributed by atoms with E-state index < -0.39 is 6.04 Å². The number of aromatic nitrogens is 2. The second-order valence-corrected chi connectivity index (χ2v) is 9.53. The number of ether oxygens (including phenoxy) is 2. The molecule has 1 aliphatic heterocycles. The zero-order valence-corrected chi connectivity index (χ0v) is 22.1. The molecule has 38 heavy (non-hydrogen) atoms. The topological polar surface area (TPSA) is 87.7 Å². The van der Waals surface area contributed by atoms with Gasteiger partial charge in [0.2, 0.25) is 0 Å². The molecule has 0 saturated carbocycles. The minimum absolute atomic E-state index is 0.00244. The first-order valence-corrected chi connectivity index (χ1v) is 12.8. The smallest absolute Gasteiger partial charge is 0.273 e. The summed E-state index contributed by atoms with van der Waals surface area (Å²) in [4.78, 5) is 15.5. The summed E-state index contributed by atoms with van der Waals surface area (Å²) in [5.41, 5.74) is 3.40. The van der Waals surface area contributed by atoms with Crippen LogP contribution in [0.1, 0.15) is 40.1 Å². The van der Waals surface area contributed by atoms with Gasteiger partial charge < -0.3 is 19.5 Å². The van der Waals surface area contributed by atoms with E-state index in [1.807, 2.05) is 43.3 Å². The molecule has 9 heteroatoms. The lowest BCUT2D eigenvalue weighted by molar-refractivity contribution is 0.0730. The number of hydrogen-bond donors (Lipinski definition) is 2. The van der Waals surface area contributed by atoms with Crippen LogP contribution in [0.15, 0.2) is 73.3 Å². The Hall–Kier alpha value is -3.94. The van der Waals surface area contributed by atoms with E-state index in [0.29, 0.717) is 57.3 Å². The van der Waals surface area contributed by atoms with Gasteiger partial charge in [-0.3, -0.25) is 9.89 Å². The largest absolute Gasteiger partial charge is 0.507 e. The van der Waals surface area contributed by atoms with Crippen molar-refractivity contribution in [3.05, 3.63) is 106 Å². The third kappa shape index (κ3) is 4.71. The van der Waals surface area contributed by atoms with Crippen LogP contribution in [0.5, 0.6) is 17.2 Å². The number of aromatic hydroxyl groups is 1. The summed E-state index contributed by atoms with van der Waals surface area (Å²) in [7, 11) is 0. The van der Waals surface area contributed by atoms with Crippen molar-refractivity contribution in [1.29, 1.82) is 0 Å². The van der Waals surface area contributed by atoms with Gasteiger partial charge in [0.05, 0.1) is 12.6 Å². The van der Waals surface area contributed by atoms with Crippen LogP contribution in [0.2, 0.25) is 10.0 Å². The van der Waals surface area contributed by atoms with Gasteiger partial charge in [0.25, 0.3) is 5.91 Å². The zero-order chi connectivity index (χ0) is 26.8. The highest BCUT2D eigenvalue weighted by Crippen LogP contribution is 2.47. The van der Waals surface area contributed by atoms with Gasteiger partial charge in [0, 0.05) is 27.7 Å². The Kier molecular flexibility index (Phi) is 7.31. The lowest BCUT2D eigenvalue weighted by Gasteiger charge is -2.27. The van der Waals surface area contributed by atoms with E-state index in [1.165, 1.54) is 6.07 Å². The van der Waals surface area contributed by atoms with Gasteiger partial charge in [-0.15, -0.1) is 0 Å². The minimum Gasteiger partial charge on any atom is -0.507 e. The first-order valence-electron chi connectivity index (χ1n) is 12.0. The summed E-state index contributed by atoms with van der Waals surface area (Å²) < 4.78 is 11.7. The van der Waals surface area contributed by atoms with Crippen LogP contribution < -0.4 is 9.47 Å². The molecule has 1 aromatic heterocycles. The minimum atomic E-state index is -0.562. The number of phenolic OH excluding ortho intramolecular Hbond substituents is 1. The van der Waals surface area contributed by atoms with E-state index in [0.717, 1.165) is 11.1 Å². The van der Waals surface area contributed by atoms with Gasteiger partial charge in [-0.2, -0.15) is 5.10 Å². The van der Waals surface area contributed by atoms with Crippen molar-refractivity contribution in [3.63, 3.8) is 0 Å². The van der Waals surface area contributed by atoms with Gasteiger partial charge in [-0.05, 0) is 54.4 Å². The number of fused-ring (bicyclic) bond motifs is 1. The van der Waals surface area contributed by atoms with Crippen LogP contribution in [0.4, 0.5) is 0 Å². The van der Waals surface area contributed by atoms with Crippen molar-refractivity contribution in [2.75, 3.05) is 13.2 Å². The molecule has 7 nitrogen and oxygen atoms in total. The van der Waals surface area contributed by atoms with Gasteiger partial charge in [-0.1, -0.05) is 60.1 Å². The Morgan fingerprint density at radius 1 is 1.11 bits per heavy atom. The molecule has 1 aliphatic rings. The molecule has 2 heterocycles. The average molecular weight is 550 g/mol. The summed E-state index contributed by atoms with van der Waals surface area (Å²) >= 11 is 12.7. The van der Waals surface area contributed by atoms with Crippen LogP contribution in [0.3, 0.4) is 0 Å². The van der Waals surface area contributed by atoms with E-state index in [-0.39, 0.29) is 18.2 Å². The second kappa shape index (κ2) is 10.8. The Labute approximate surface area is 230 Å². The van der Waals surface area contributed by atoms with E-state index in [1.54, 1.807) is 29.2 Å². The number of phenols is 1. The Morgan fingerprint density at radius 3 is 2.68 bits per heavy atom. The van der Waals surface area contributed by atoms with Crippen LogP contribution in [-0.4, -0.2) is 39.3 Å². The molecule has 0 bridgehead atoms. The summed E-state index contributed by atoms with van der Waals surface area (Å²) in [5.74, 6) is 0.872. The maximum atomic E-state index is 13.8. The van der Waals surface area contributed by atoms with Crippen molar-refractivity contribution >= 4 is 29.1 Å². The molecule has 1 amide bonds. The number of aromatic amines is 1. The molecule has 0 fully saturated rings. The average Bonchev–Trinajstić information content (AvgIpc) is 3.45. The van der Waals surface area contributed by atoms with Gasteiger partial charge in [0.15, 0.2) is 11.5 Å². The first-order chi connectivity index (χ1) is 18.4. The number of H-pyrrole nitrogens is 1. The van der Waals surface area contributed by atoms with Gasteiger partial charge in [0.1, 0.15) is 23.7 Å². The quantitative estimate of drug-likeness (QED) is 0.224. The number of nitrogens with zero attached hydrogens (tertiary/aromatic N) is 2. The van der Waals surface area contributed by atoms with Crippen LogP contribution >= 0.6 is 23.2 Å².